The summed E-state index contributed by atoms with van der Waals surface area (Å²) in [5.74, 6) is 1.78. The zero-order valence-electron chi connectivity index (χ0n) is 17.7. The summed E-state index contributed by atoms with van der Waals surface area (Å²) >= 11 is 6.03. The third-order valence-electron chi connectivity index (χ3n) is 4.86. The molecule has 0 saturated carbocycles. The Hall–Kier alpha value is -3.65. The van der Waals surface area contributed by atoms with Crippen LogP contribution in [-0.2, 0) is 19.5 Å². The standard InChI is InChI=1S/C23H24ClN7O/c1-25-23(27-15-18-6-2-3-7-19(18)16-31-13-5-11-28-31)26-12-10-21-29-22(30-32-21)17-8-4-9-20(24)14-17/h2-9,11,13-14H,10,12,15-16H2,1H3,(H2,25,26,27). The Balaban J connectivity index is 1.28. The van der Waals surface area contributed by atoms with E-state index in [1.165, 1.54) is 11.1 Å². The lowest BCUT2D eigenvalue weighted by Crippen LogP contribution is -2.38. The van der Waals surface area contributed by atoms with Crippen molar-refractivity contribution in [1.29, 1.82) is 0 Å². The van der Waals surface area contributed by atoms with Crippen molar-refractivity contribution in [2.24, 2.45) is 4.99 Å². The first-order valence-corrected chi connectivity index (χ1v) is 10.7. The Bertz CT molecular complexity index is 1170. The van der Waals surface area contributed by atoms with Gasteiger partial charge in [0.15, 0.2) is 5.96 Å². The van der Waals surface area contributed by atoms with E-state index in [2.05, 4.69) is 43.0 Å². The average Bonchev–Trinajstić information content (AvgIpc) is 3.49. The van der Waals surface area contributed by atoms with Gasteiger partial charge in [-0.05, 0) is 29.3 Å². The van der Waals surface area contributed by atoms with Gasteiger partial charge in [0.2, 0.25) is 11.7 Å². The van der Waals surface area contributed by atoms with Gasteiger partial charge in [-0.1, -0.05) is 53.2 Å². The molecule has 0 aliphatic rings. The molecule has 0 unspecified atom stereocenters. The molecule has 0 aliphatic carbocycles. The summed E-state index contributed by atoms with van der Waals surface area (Å²) in [6.07, 6.45) is 4.32. The Labute approximate surface area is 191 Å². The molecule has 4 aromatic rings. The third-order valence-corrected chi connectivity index (χ3v) is 5.10. The number of benzene rings is 2. The summed E-state index contributed by atoms with van der Waals surface area (Å²) in [4.78, 5) is 8.74. The highest BCUT2D eigenvalue weighted by molar-refractivity contribution is 6.30. The molecule has 0 atom stereocenters. The SMILES string of the molecule is CN=C(NCCc1nc(-c2cccc(Cl)c2)no1)NCc1ccccc1Cn1cccn1. The van der Waals surface area contributed by atoms with Crippen LogP contribution in [0.5, 0.6) is 0 Å². The molecular weight excluding hydrogens is 426 g/mol. The van der Waals surface area contributed by atoms with E-state index in [0.29, 0.717) is 42.2 Å². The molecule has 2 N–H and O–H groups in total. The average molecular weight is 450 g/mol. The van der Waals surface area contributed by atoms with E-state index in [4.69, 9.17) is 16.1 Å². The van der Waals surface area contributed by atoms with Crippen LogP contribution in [0.15, 0.2) is 76.5 Å². The van der Waals surface area contributed by atoms with Crippen LogP contribution in [0.3, 0.4) is 0 Å². The molecule has 0 saturated heterocycles. The fourth-order valence-electron chi connectivity index (χ4n) is 3.24. The lowest BCUT2D eigenvalue weighted by Gasteiger charge is -2.14. The van der Waals surface area contributed by atoms with Crippen LogP contribution >= 0.6 is 11.6 Å². The second-order valence-corrected chi connectivity index (χ2v) is 7.53. The van der Waals surface area contributed by atoms with Crippen molar-refractivity contribution < 1.29 is 4.52 Å². The molecule has 0 radical (unpaired) electrons. The number of aromatic nitrogens is 4. The lowest BCUT2D eigenvalue weighted by atomic mass is 10.1. The summed E-state index contributed by atoms with van der Waals surface area (Å²) in [6.45, 7) is 1.98. The van der Waals surface area contributed by atoms with Crippen molar-refractivity contribution in [3.05, 3.63) is 89.0 Å². The van der Waals surface area contributed by atoms with E-state index >= 15 is 0 Å². The van der Waals surface area contributed by atoms with Crippen molar-refractivity contribution in [1.82, 2.24) is 30.6 Å². The van der Waals surface area contributed by atoms with Gasteiger partial charge >= 0.3 is 0 Å². The highest BCUT2D eigenvalue weighted by atomic mass is 35.5. The van der Waals surface area contributed by atoms with Crippen LogP contribution in [0.25, 0.3) is 11.4 Å². The molecule has 8 nitrogen and oxygen atoms in total. The van der Waals surface area contributed by atoms with Crippen LogP contribution in [-0.4, -0.2) is 39.5 Å². The Morgan fingerprint density at radius 1 is 1.09 bits per heavy atom. The number of halogens is 1. The molecular formula is C23H24ClN7O. The fraction of sp³-hybridized carbons (Fsp3) is 0.217. The van der Waals surface area contributed by atoms with Crippen molar-refractivity contribution in [3.8, 4) is 11.4 Å². The summed E-state index contributed by atoms with van der Waals surface area (Å²) < 4.78 is 7.27. The van der Waals surface area contributed by atoms with Crippen LogP contribution < -0.4 is 10.6 Å². The molecule has 2 aromatic heterocycles. The maximum absolute atomic E-state index is 6.03. The number of nitrogens with one attached hydrogen (secondary N) is 2. The molecule has 4 rings (SSSR count). The predicted molar refractivity (Wildman–Crippen MR) is 124 cm³/mol. The highest BCUT2D eigenvalue weighted by Gasteiger charge is 2.10. The molecule has 9 heteroatoms. The minimum Gasteiger partial charge on any atom is -0.356 e. The lowest BCUT2D eigenvalue weighted by molar-refractivity contribution is 0.378. The number of aliphatic imine (C=N–C) groups is 1. The second kappa shape index (κ2) is 10.6. The number of hydrogen-bond donors (Lipinski definition) is 2. The first kappa shape index (κ1) is 21.6. The minimum absolute atomic E-state index is 0.527. The van der Waals surface area contributed by atoms with Gasteiger partial charge in [0, 0.05) is 49.5 Å². The first-order valence-electron chi connectivity index (χ1n) is 10.3. The molecule has 0 spiro atoms. The summed E-state index contributed by atoms with van der Waals surface area (Å²) in [5, 5.41) is 15.6. The van der Waals surface area contributed by atoms with Crippen molar-refractivity contribution in [3.63, 3.8) is 0 Å². The van der Waals surface area contributed by atoms with E-state index in [1.54, 1.807) is 13.2 Å². The van der Waals surface area contributed by atoms with Gasteiger partial charge in [-0.2, -0.15) is 10.1 Å². The minimum atomic E-state index is 0.527. The largest absolute Gasteiger partial charge is 0.356 e. The fourth-order valence-corrected chi connectivity index (χ4v) is 3.43. The number of rotatable bonds is 8. The van der Waals surface area contributed by atoms with Gasteiger partial charge < -0.3 is 15.2 Å². The quantitative estimate of drug-likeness (QED) is 0.315. The van der Waals surface area contributed by atoms with Gasteiger partial charge in [0.25, 0.3) is 0 Å². The van der Waals surface area contributed by atoms with Crippen LogP contribution in [0, 0.1) is 0 Å². The monoisotopic (exact) mass is 449 g/mol. The van der Waals surface area contributed by atoms with Crippen molar-refractivity contribution >= 4 is 17.6 Å². The first-order chi connectivity index (χ1) is 15.7. The molecule has 32 heavy (non-hydrogen) atoms. The smallest absolute Gasteiger partial charge is 0.228 e. The third kappa shape index (κ3) is 5.73. The molecule has 2 heterocycles. The molecule has 0 amide bonds. The van der Waals surface area contributed by atoms with Gasteiger partial charge in [-0.15, -0.1) is 0 Å². The number of hydrogen-bond acceptors (Lipinski definition) is 5. The Kier molecular flexibility index (Phi) is 7.14. The molecule has 164 valence electrons. The second-order valence-electron chi connectivity index (χ2n) is 7.10. The van der Waals surface area contributed by atoms with Crippen molar-refractivity contribution in [2.75, 3.05) is 13.6 Å². The molecule has 0 fully saturated rings. The highest BCUT2D eigenvalue weighted by Crippen LogP contribution is 2.19. The van der Waals surface area contributed by atoms with Crippen molar-refractivity contribution in [2.45, 2.75) is 19.5 Å². The van der Waals surface area contributed by atoms with E-state index in [0.717, 1.165) is 12.1 Å². The summed E-state index contributed by atoms with van der Waals surface area (Å²) in [5.41, 5.74) is 3.22. The topological polar surface area (TPSA) is 93.2 Å². The molecule has 0 bridgehead atoms. The predicted octanol–water partition coefficient (Wildman–Crippen LogP) is 3.54. The van der Waals surface area contributed by atoms with Gasteiger partial charge in [0.1, 0.15) is 0 Å². The van der Waals surface area contributed by atoms with E-state index in [-0.39, 0.29) is 0 Å². The van der Waals surface area contributed by atoms with Gasteiger partial charge in [-0.25, -0.2) is 0 Å². The summed E-state index contributed by atoms with van der Waals surface area (Å²) in [6, 6.07) is 17.6. The van der Waals surface area contributed by atoms with Crippen LogP contribution in [0.2, 0.25) is 5.02 Å². The van der Waals surface area contributed by atoms with Gasteiger partial charge in [-0.3, -0.25) is 9.67 Å². The molecule has 2 aromatic carbocycles. The maximum Gasteiger partial charge on any atom is 0.228 e. The normalized spacial score (nSPS) is 11.5. The number of guanidine groups is 1. The molecule has 0 aliphatic heterocycles. The summed E-state index contributed by atoms with van der Waals surface area (Å²) in [7, 11) is 1.74. The maximum atomic E-state index is 6.03. The zero-order chi connectivity index (χ0) is 22.2. The zero-order valence-corrected chi connectivity index (χ0v) is 18.5. The Morgan fingerprint density at radius 2 is 1.97 bits per heavy atom. The van der Waals surface area contributed by atoms with E-state index < -0.39 is 0 Å². The van der Waals surface area contributed by atoms with Gasteiger partial charge in [0.05, 0.1) is 6.54 Å². The van der Waals surface area contributed by atoms with Crippen LogP contribution in [0.1, 0.15) is 17.0 Å². The Morgan fingerprint density at radius 3 is 2.75 bits per heavy atom. The van der Waals surface area contributed by atoms with E-state index in [9.17, 15) is 0 Å². The van der Waals surface area contributed by atoms with E-state index in [1.807, 2.05) is 53.3 Å². The van der Waals surface area contributed by atoms with Crippen LogP contribution in [0.4, 0.5) is 0 Å². The number of nitrogens with zero attached hydrogens (tertiary/aromatic N) is 5.